The number of aromatic nitrogens is 1. The van der Waals surface area contributed by atoms with Crippen molar-refractivity contribution in [3.63, 3.8) is 0 Å². The average molecular weight is 233 g/mol. The average Bonchev–Trinajstić information content (AvgIpc) is 3.04. The maximum atomic E-state index is 12.0. The molecule has 5 heteroatoms. The maximum absolute atomic E-state index is 12.0. The molecule has 90 valence electrons. The molecule has 5 nitrogen and oxygen atoms in total. The van der Waals surface area contributed by atoms with Crippen molar-refractivity contribution < 1.29 is 9.59 Å². The molecule has 3 amide bonds. The lowest BCUT2D eigenvalue weighted by molar-refractivity contribution is -0.115. The number of urea groups is 1. The summed E-state index contributed by atoms with van der Waals surface area (Å²) in [4.78, 5) is 28.6. The number of nitrogens with zero attached hydrogens (tertiary/aromatic N) is 2. The largest absolute Gasteiger partial charge is 0.335 e. The van der Waals surface area contributed by atoms with Gasteiger partial charge in [0.1, 0.15) is 0 Å². The van der Waals surface area contributed by atoms with Gasteiger partial charge < -0.3 is 5.32 Å². The van der Waals surface area contributed by atoms with Gasteiger partial charge in [0.05, 0.1) is 11.9 Å². The van der Waals surface area contributed by atoms with E-state index in [2.05, 4.69) is 10.3 Å². The molecule has 2 rings (SSSR count). The predicted octanol–water partition coefficient (Wildman–Crippen LogP) is 1.61. The Morgan fingerprint density at radius 2 is 2.18 bits per heavy atom. The van der Waals surface area contributed by atoms with Gasteiger partial charge in [0.2, 0.25) is 5.91 Å². The summed E-state index contributed by atoms with van der Waals surface area (Å²) in [6, 6.07) is 1.63. The quantitative estimate of drug-likeness (QED) is 0.844. The van der Waals surface area contributed by atoms with E-state index in [9.17, 15) is 9.59 Å². The van der Waals surface area contributed by atoms with E-state index in [0.29, 0.717) is 5.69 Å². The fourth-order valence-electron chi connectivity index (χ4n) is 1.58. The third-order valence-corrected chi connectivity index (χ3v) is 2.68. The Morgan fingerprint density at radius 1 is 1.47 bits per heavy atom. The Hall–Kier alpha value is -1.91. The molecular weight excluding hydrogens is 218 g/mol. The van der Waals surface area contributed by atoms with Crippen molar-refractivity contribution >= 4 is 17.6 Å². The third-order valence-electron chi connectivity index (χ3n) is 2.68. The van der Waals surface area contributed by atoms with Crippen molar-refractivity contribution in [3.05, 3.63) is 24.0 Å². The summed E-state index contributed by atoms with van der Waals surface area (Å²) in [5.41, 5.74) is 1.39. The van der Waals surface area contributed by atoms with Crippen molar-refractivity contribution in [2.24, 2.45) is 0 Å². The van der Waals surface area contributed by atoms with E-state index in [-0.39, 0.29) is 18.0 Å². The molecule has 0 atom stereocenters. The highest BCUT2D eigenvalue weighted by molar-refractivity contribution is 6.13. The van der Waals surface area contributed by atoms with Crippen LogP contribution in [0.15, 0.2) is 18.5 Å². The Balaban J connectivity index is 2.25. The molecule has 1 aromatic heterocycles. The van der Waals surface area contributed by atoms with E-state index in [1.54, 1.807) is 12.3 Å². The first-order chi connectivity index (χ1) is 8.09. The van der Waals surface area contributed by atoms with Gasteiger partial charge in [-0.2, -0.15) is 0 Å². The second-order valence-electron chi connectivity index (χ2n) is 4.24. The predicted molar refractivity (Wildman–Crippen MR) is 63.7 cm³/mol. The SMILES string of the molecule is CC(=O)N(C(=O)NC1CC1)c1cnccc1C. The molecule has 0 aromatic carbocycles. The number of carbonyl (C=O) groups excluding carboxylic acids is 2. The fourth-order valence-corrected chi connectivity index (χ4v) is 1.58. The van der Waals surface area contributed by atoms with Crippen LogP contribution >= 0.6 is 0 Å². The molecule has 1 aliphatic carbocycles. The molecule has 0 spiro atoms. The van der Waals surface area contributed by atoms with Crippen LogP contribution in [0.1, 0.15) is 25.3 Å². The summed E-state index contributed by atoms with van der Waals surface area (Å²) in [5, 5.41) is 2.80. The monoisotopic (exact) mass is 233 g/mol. The van der Waals surface area contributed by atoms with Crippen LogP contribution < -0.4 is 10.2 Å². The van der Waals surface area contributed by atoms with Crippen LogP contribution in [0.25, 0.3) is 0 Å². The van der Waals surface area contributed by atoms with Crippen LogP contribution in [0.4, 0.5) is 10.5 Å². The highest BCUT2D eigenvalue weighted by atomic mass is 16.2. The highest BCUT2D eigenvalue weighted by Gasteiger charge is 2.28. The lowest BCUT2D eigenvalue weighted by atomic mass is 10.2. The number of nitrogens with one attached hydrogen (secondary N) is 1. The van der Waals surface area contributed by atoms with E-state index in [0.717, 1.165) is 23.3 Å². The van der Waals surface area contributed by atoms with Gasteiger partial charge in [-0.25, -0.2) is 9.69 Å². The normalized spacial score (nSPS) is 14.2. The lowest BCUT2D eigenvalue weighted by Gasteiger charge is -2.20. The molecule has 1 aromatic rings. The van der Waals surface area contributed by atoms with Crippen molar-refractivity contribution in [2.75, 3.05) is 4.90 Å². The molecule has 1 aliphatic rings. The topological polar surface area (TPSA) is 62.3 Å². The van der Waals surface area contributed by atoms with Crippen LogP contribution in [0, 0.1) is 6.92 Å². The minimum atomic E-state index is -0.365. The maximum Gasteiger partial charge on any atom is 0.329 e. The van der Waals surface area contributed by atoms with Crippen molar-refractivity contribution in [1.82, 2.24) is 10.3 Å². The van der Waals surface area contributed by atoms with Crippen molar-refractivity contribution in [1.29, 1.82) is 0 Å². The summed E-state index contributed by atoms with van der Waals surface area (Å²) in [5.74, 6) is -0.306. The van der Waals surface area contributed by atoms with Crippen LogP contribution in [0.3, 0.4) is 0 Å². The van der Waals surface area contributed by atoms with Gasteiger partial charge in [-0.3, -0.25) is 9.78 Å². The number of carbonyl (C=O) groups is 2. The third kappa shape index (κ3) is 2.61. The first kappa shape index (κ1) is 11.6. The molecule has 0 aliphatic heterocycles. The van der Waals surface area contributed by atoms with Crippen molar-refractivity contribution in [2.45, 2.75) is 32.7 Å². The van der Waals surface area contributed by atoms with Crippen LogP contribution in [-0.4, -0.2) is 23.0 Å². The second-order valence-corrected chi connectivity index (χ2v) is 4.24. The van der Waals surface area contributed by atoms with Gasteiger partial charge in [-0.05, 0) is 31.4 Å². The zero-order chi connectivity index (χ0) is 12.4. The summed E-state index contributed by atoms with van der Waals surface area (Å²) in [6.45, 7) is 3.22. The summed E-state index contributed by atoms with van der Waals surface area (Å²) in [7, 11) is 0. The number of anilines is 1. The minimum absolute atomic E-state index is 0.223. The molecule has 0 unspecified atom stereocenters. The number of hydrogen-bond donors (Lipinski definition) is 1. The van der Waals surface area contributed by atoms with E-state index in [1.807, 2.05) is 6.92 Å². The lowest BCUT2D eigenvalue weighted by Crippen LogP contribution is -2.44. The van der Waals surface area contributed by atoms with E-state index in [1.165, 1.54) is 13.1 Å². The highest BCUT2D eigenvalue weighted by Crippen LogP contribution is 2.22. The molecule has 1 N–H and O–H groups in total. The van der Waals surface area contributed by atoms with E-state index < -0.39 is 0 Å². The van der Waals surface area contributed by atoms with Crippen LogP contribution in [0.2, 0.25) is 0 Å². The zero-order valence-electron chi connectivity index (χ0n) is 9.93. The Labute approximate surface area is 99.8 Å². The molecule has 0 radical (unpaired) electrons. The standard InChI is InChI=1S/C12H15N3O2/c1-8-5-6-13-7-11(8)15(9(2)16)12(17)14-10-3-4-10/h5-7,10H,3-4H2,1-2H3,(H,14,17). The number of imide groups is 1. The number of aryl methyl sites for hydroxylation is 1. The summed E-state index contributed by atoms with van der Waals surface area (Å²) in [6.07, 6.45) is 5.15. The number of pyridine rings is 1. The first-order valence-corrected chi connectivity index (χ1v) is 5.61. The first-order valence-electron chi connectivity index (χ1n) is 5.61. The molecule has 0 saturated heterocycles. The summed E-state index contributed by atoms with van der Waals surface area (Å²) < 4.78 is 0. The number of rotatable bonds is 2. The molecule has 0 bridgehead atoms. The molecule has 1 heterocycles. The van der Waals surface area contributed by atoms with Gasteiger partial charge in [0, 0.05) is 19.2 Å². The minimum Gasteiger partial charge on any atom is -0.335 e. The van der Waals surface area contributed by atoms with E-state index in [4.69, 9.17) is 0 Å². The number of amides is 3. The van der Waals surface area contributed by atoms with E-state index >= 15 is 0 Å². The molecule has 17 heavy (non-hydrogen) atoms. The van der Waals surface area contributed by atoms with Crippen LogP contribution in [-0.2, 0) is 4.79 Å². The number of hydrogen-bond acceptors (Lipinski definition) is 3. The zero-order valence-corrected chi connectivity index (χ0v) is 9.93. The summed E-state index contributed by atoms with van der Waals surface area (Å²) >= 11 is 0. The molecular formula is C12H15N3O2. The Morgan fingerprint density at radius 3 is 2.71 bits per heavy atom. The Kier molecular flexibility index (Phi) is 3.08. The smallest absolute Gasteiger partial charge is 0.329 e. The second kappa shape index (κ2) is 4.53. The van der Waals surface area contributed by atoms with Gasteiger partial charge in [0.25, 0.3) is 0 Å². The molecule has 1 fully saturated rings. The van der Waals surface area contributed by atoms with Crippen LogP contribution in [0.5, 0.6) is 0 Å². The molecule has 1 saturated carbocycles. The van der Waals surface area contributed by atoms with Gasteiger partial charge in [-0.1, -0.05) is 0 Å². The van der Waals surface area contributed by atoms with Gasteiger partial charge >= 0.3 is 6.03 Å². The fraction of sp³-hybridized carbons (Fsp3) is 0.417. The Bertz CT molecular complexity index is 455. The van der Waals surface area contributed by atoms with Gasteiger partial charge in [-0.15, -0.1) is 0 Å². The van der Waals surface area contributed by atoms with Crippen molar-refractivity contribution in [3.8, 4) is 0 Å². The van der Waals surface area contributed by atoms with Gasteiger partial charge in [0.15, 0.2) is 0 Å².